The third kappa shape index (κ3) is 6.87. The van der Waals surface area contributed by atoms with Crippen LogP contribution in [0.3, 0.4) is 0 Å². The van der Waals surface area contributed by atoms with Gasteiger partial charge in [0.1, 0.15) is 5.82 Å². The number of aromatic nitrogens is 4. The monoisotopic (exact) mass is 825 g/mol. The molecule has 5 nitrogen and oxygen atoms in total. The van der Waals surface area contributed by atoms with Crippen molar-refractivity contribution in [3.8, 4) is 34.1 Å². The Morgan fingerprint density at radius 2 is 1.59 bits per heavy atom. The first-order valence-corrected chi connectivity index (χ1v) is 16.7. The van der Waals surface area contributed by atoms with Crippen LogP contribution in [-0.4, -0.2) is 19.3 Å². The van der Waals surface area contributed by atoms with Crippen LogP contribution in [0.5, 0.6) is 11.5 Å². The van der Waals surface area contributed by atoms with Crippen LogP contribution in [0.25, 0.3) is 44.4 Å². The Hall–Kier alpha value is -4.47. The van der Waals surface area contributed by atoms with Crippen molar-refractivity contribution in [2.75, 3.05) is 0 Å². The van der Waals surface area contributed by atoms with Crippen molar-refractivity contribution < 1.29 is 25.8 Å². The number of nitrogens with zero attached hydrogens (tertiary/aromatic N) is 4. The van der Waals surface area contributed by atoms with Crippen molar-refractivity contribution in [3.63, 3.8) is 0 Å². The number of hydrogen-bond donors (Lipinski definition) is 0. The quantitative estimate of drug-likeness (QED) is 0.150. The summed E-state index contributed by atoms with van der Waals surface area (Å²) in [5.74, 6) is 2.67. The molecule has 3 heterocycles. The van der Waals surface area contributed by atoms with Gasteiger partial charge in [-0.3, -0.25) is 4.68 Å². The molecule has 0 amide bonds. The van der Waals surface area contributed by atoms with E-state index in [1.165, 1.54) is 27.8 Å². The Labute approximate surface area is 304 Å². The molecule has 0 bridgehead atoms. The Balaban J connectivity index is 0.00000417. The molecular formula is C43H42N4OPt. The van der Waals surface area contributed by atoms with Crippen molar-refractivity contribution in [2.24, 2.45) is 5.92 Å². The largest absolute Gasteiger partial charge is 2.00 e. The fraction of sp³-hybridized carbons (Fsp3) is 0.256. The van der Waals surface area contributed by atoms with E-state index in [2.05, 4.69) is 145 Å². The standard InChI is InChI=1S/C43H42N4O.Pt/c1-27(2)17-31-15-16-44-41(20-31)47-39-12-10-9-11-37(39)38-14-13-35(24-40(38)47)48-36-22-33(43(6,7)8)21-34(23-36)46-26-32(25-45-46)42-29(4)18-28(3)19-30(42)5;/h9-16,18-22,25-27H,17H2,1-8H3;/q-2;+2. The number of aryl methyl sites for hydroxylation is 3. The average molecular weight is 826 g/mol. The zero-order valence-electron chi connectivity index (χ0n) is 29.5. The van der Waals surface area contributed by atoms with Crippen LogP contribution in [-0.2, 0) is 32.9 Å². The summed E-state index contributed by atoms with van der Waals surface area (Å²) in [4.78, 5) is 4.81. The topological polar surface area (TPSA) is 44.9 Å². The zero-order chi connectivity index (χ0) is 33.7. The molecule has 7 rings (SSSR count). The molecule has 0 unspecified atom stereocenters. The smallest absolute Gasteiger partial charge is 0.509 e. The van der Waals surface area contributed by atoms with E-state index in [-0.39, 0.29) is 26.5 Å². The first kappa shape index (κ1) is 34.4. The summed E-state index contributed by atoms with van der Waals surface area (Å²) in [7, 11) is 0. The Kier molecular flexibility index (Phi) is 9.44. The van der Waals surface area contributed by atoms with Gasteiger partial charge in [-0.25, -0.2) is 4.98 Å². The van der Waals surface area contributed by atoms with Crippen LogP contribution in [0.4, 0.5) is 0 Å². The van der Waals surface area contributed by atoms with E-state index in [1.807, 2.05) is 23.1 Å². The summed E-state index contributed by atoms with van der Waals surface area (Å²) in [5.41, 5.74) is 11.2. The summed E-state index contributed by atoms with van der Waals surface area (Å²) < 4.78 is 10.7. The molecule has 0 fully saturated rings. The maximum atomic E-state index is 6.60. The number of para-hydroxylation sites is 1. The van der Waals surface area contributed by atoms with Crippen LogP contribution >= 0.6 is 0 Å². The summed E-state index contributed by atoms with van der Waals surface area (Å²) in [6.07, 6.45) is 6.93. The second-order valence-corrected chi connectivity index (χ2v) is 14.5. The Morgan fingerprint density at radius 3 is 2.33 bits per heavy atom. The number of benzene rings is 4. The molecular weight excluding hydrogens is 784 g/mol. The van der Waals surface area contributed by atoms with E-state index in [9.17, 15) is 0 Å². The normalized spacial score (nSPS) is 11.8. The second-order valence-electron chi connectivity index (χ2n) is 14.5. The van der Waals surface area contributed by atoms with E-state index >= 15 is 0 Å². The third-order valence-electron chi connectivity index (χ3n) is 8.95. The molecule has 6 heteroatoms. The van der Waals surface area contributed by atoms with Crippen molar-refractivity contribution in [1.82, 2.24) is 19.3 Å². The van der Waals surface area contributed by atoms with Crippen LogP contribution in [0.15, 0.2) is 91.4 Å². The molecule has 0 aliphatic heterocycles. The maximum Gasteiger partial charge on any atom is 2.00 e. The van der Waals surface area contributed by atoms with E-state index in [0.29, 0.717) is 17.4 Å². The third-order valence-corrected chi connectivity index (χ3v) is 8.95. The van der Waals surface area contributed by atoms with E-state index in [4.69, 9.17) is 14.8 Å². The van der Waals surface area contributed by atoms with Gasteiger partial charge in [0, 0.05) is 35.0 Å². The van der Waals surface area contributed by atoms with Crippen LogP contribution < -0.4 is 4.74 Å². The predicted octanol–water partition coefficient (Wildman–Crippen LogP) is 10.8. The van der Waals surface area contributed by atoms with Crippen molar-refractivity contribution in [1.29, 1.82) is 0 Å². The molecule has 49 heavy (non-hydrogen) atoms. The molecule has 3 aromatic heterocycles. The average Bonchev–Trinajstić information content (AvgIpc) is 3.63. The number of hydrogen-bond acceptors (Lipinski definition) is 3. The number of fused-ring (bicyclic) bond motifs is 3. The fourth-order valence-electron chi connectivity index (χ4n) is 6.83. The molecule has 0 spiro atoms. The molecule has 250 valence electrons. The molecule has 0 N–H and O–H groups in total. The van der Waals surface area contributed by atoms with Gasteiger partial charge in [0.25, 0.3) is 0 Å². The summed E-state index contributed by atoms with van der Waals surface area (Å²) >= 11 is 0. The molecule has 0 saturated carbocycles. The van der Waals surface area contributed by atoms with Crippen LogP contribution in [0.1, 0.15) is 62.4 Å². The van der Waals surface area contributed by atoms with Gasteiger partial charge in [-0.2, -0.15) is 11.2 Å². The van der Waals surface area contributed by atoms with E-state index in [0.717, 1.165) is 50.9 Å². The zero-order valence-corrected chi connectivity index (χ0v) is 31.7. The molecule has 0 saturated heterocycles. The van der Waals surface area contributed by atoms with Gasteiger partial charge in [-0.15, -0.1) is 41.3 Å². The van der Waals surface area contributed by atoms with E-state index < -0.39 is 0 Å². The first-order chi connectivity index (χ1) is 22.9. The van der Waals surface area contributed by atoms with Crippen molar-refractivity contribution >= 4 is 21.8 Å². The fourth-order valence-corrected chi connectivity index (χ4v) is 6.83. The van der Waals surface area contributed by atoms with Crippen molar-refractivity contribution in [3.05, 3.63) is 131 Å². The Morgan fingerprint density at radius 1 is 0.837 bits per heavy atom. The summed E-state index contributed by atoms with van der Waals surface area (Å²) in [5, 5.41) is 7.05. The van der Waals surface area contributed by atoms with Crippen LogP contribution in [0, 0.1) is 38.8 Å². The van der Waals surface area contributed by atoms with Gasteiger partial charge in [-0.1, -0.05) is 76.0 Å². The van der Waals surface area contributed by atoms with Crippen molar-refractivity contribution in [2.45, 2.75) is 67.2 Å². The number of ether oxygens (including phenoxy) is 1. The number of rotatable bonds is 7. The van der Waals surface area contributed by atoms with E-state index in [1.54, 1.807) is 0 Å². The van der Waals surface area contributed by atoms with Gasteiger partial charge in [0.05, 0.1) is 6.20 Å². The molecule has 0 radical (unpaired) electrons. The summed E-state index contributed by atoms with van der Waals surface area (Å²) in [6.45, 7) is 17.6. The molecule has 4 aromatic carbocycles. The van der Waals surface area contributed by atoms with Gasteiger partial charge >= 0.3 is 21.1 Å². The van der Waals surface area contributed by atoms with Gasteiger partial charge in [0.2, 0.25) is 0 Å². The second kappa shape index (κ2) is 13.4. The predicted molar refractivity (Wildman–Crippen MR) is 197 cm³/mol. The Bertz CT molecular complexity index is 2280. The minimum Gasteiger partial charge on any atom is -0.509 e. The SMILES string of the molecule is Cc1cc(C)c(-c2cnn(-c3[c-]c(Oc4[c-]c5c(cc4)c4ccccc4n5-c4cc(CC(C)C)ccn4)cc(C(C)(C)C)c3)c2)c(C)c1.[Pt+2]. The maximum absolute atomic E-state index is 6.60. The minimum atomic E-state index is -0.116. The first-order valence-electron chi connectivity index (χ1n) is 16.7. The molecule has 0 aliphatic rings. The number of pyridine rings is 1. The molecule has 0 atom stereocenters. The van der Waals surface area contributed by atoms with Gasteiger partial charge in [-0.05, 0) is 90.1 Å². The molecule has 7 aromatic rings. The minimum absolute atomic E-state index is 0. The van der Waals surface area contributed by atoms with Gasteiger partial charge in [0.15, 0.2) is 0 Å². The molecule has 0 aliphatic carbocycles. The van der Waals surface area contributed by atoms with Gasteiger partial charge < -0.3 is 9.30 Å². The summed E-state index contributed by atoms with van der Waals surface area (Å²) in [6, 6.07) is 32.7. The van der Waals surface area contributed by atoms with Crippen LogP contribution in [0.2, 0.25) is 0 Å².